The Morgan fingerprint density at radius 3 is 2.16 bits per heavy atom. The predicted octanol–water partition coefficient (Wildman–Crippen LogP) is 6.33. The largest absolute Gasteiger partial charge is 0.494 e. The summed E-state index contributed by atoms with van der Waals surface area (Å²) >= 11 is 0. The number of fused-ring (bicyclic) bond motifs is 1. The first-order chi connectivity index (χ1) is 19.4. The van der Waals surface area contributed by atoms with Gasteiger partial charge in [0.15, 0.2) is 23.1 Å². The molecule has 0 unspecified atom stereocenters. The van der Waals surface area contributed by atoms with Crippen LogP contribution in [0.5, 0.6) is 17.2 Å². The van der Waals surface area contributed by atoms with Gasteiger partial charge in [-0.3, -0.25) is 15.1 Å². The van der Waals surface area contributed by atoms with Gasteiger partial charge in [-0.2, -0.15) is 0 Å². The fourth-order valence-electron chi connectivity index (χ4n) is 5.68. The van der Waals surface area contributed by atoms with Crippen molar-refractivity contribution in [1.82, 2.24) is 9.80 Å². The molecule has 2 aromatic carbocycles. The molecule has 8 nitrogen and oxygen atoms in total. The summed E-state index contributed by atoms with van der Waals surface area (Å²) in [5, 5.41) is 8.75. The van der Waals surface area contributed by atoms with Crippen LogP contribution in [0.3, 0.4) is 0 Å². The first kappa shape index (κ1) is 36.4. The number of nitrogens with one attached hydrogen (secondary N) is 1. The van der Waals surface area contributed by atoms with Crippen LogP contribution in [0.25, 0.3) is 0 Å². The number of carbonyl (C=O) groups is 1. The molecule has 0 aliphatic carbocycles. The Labute approximate surface area is 268 Å². The SMILES string of the molecule is CCOc1cc2c(c(F)c1OCC)C(=N)N(CC(=O)c1cc(N3CCN(C(C)C)CC3)c(OC)c(C(C)(C)C)c1)C2.Cl.Cl. The molecule has 0 saturated carbocycles. The first-order valence-corrected chi connectivity index (χ1v) is 14.6. The summed E-state index contributed by atoms with van der Waals surface area (Å²) in [5.41, 5.74) is 2.95. The van der Waals surface area contributed by atoms with Crippen molar-refractivity contribution in [3.8, 4) is 17.2 Å². The number of nitrogens with zero attached hydrogens (tertiary/aromatic N) is 3. The van der Waals surface area contributed by atoms with Gasteiger partial charge in [-0.05, 0) is 56.9 Å². The highest BCUT2D eigenvalue weighted by molar-refractivity contribution is 6.06. The summed E-state index contributed by atoms with van der Waals surface area (Å²) in [6.45, 7) is 18.7. The standard InChI is InChI=1S/C32H45FN4O4.2ClH/c1-9-40-26-17-22-18-37(31(34)27(22)28(33)30(26)41-10-2)19-25(38)21-15-23(32(5,6)7)29(39-8)24(16-21)36-13-11-35(12-14-36)20(3)4;;/h15-17,20,34H,9-14,18-19H2,1-8H3;2*1H. The molecule has 1 N–H and O–H groups in total. The molecule has 0 bridgehead atoms. The van der Waals surface area contributed by atoms with Gasteiger partial charge in [0.25, 0.3) is 0 Å². The summed E-state index contributed by atoms with van der Waals surface area (Å²) in [6.07, 6.45) is 0. The number of hydrogen-bond donors (Lipinski definition) is 1. The van der Waals surface area contributed by atoms with Gasteiger partial charge in [0.2, 0.25) is 0 Å². The summed E-state index contributed by atoms with van der Waals surface area (Å²) in [6, 6.07) is 6.06. The molecule has 11 heteroatoms. The molecular weight excluding hydrogens is 594 g/mol. The van der Waals surface area contributed by atoms with E-state index in [1.54, 1.807) is 25.0 Å². The Balaban J connectivity index is 0.00000323. The Morgan fingerprint density at radius 1 is 1.00 bits per heavy atom. The Bertz CT molecular complexity index is 1310. The molecule has 1 fully saturated rings. The number of benzene rings is 2. The lowest BCUT2D eigenvalue weighted by atomic mass is 9.84. The van der Waals surface area contributed by atoms with E-state index in [0.29, 0.717) is 29.5 Å². The number of Topliss-reactive ketones (excluding diaryl/α,β-unsaturated/α-hetero) is 1. The van der Waals surface area contributed by atoms with Gasteiger partial charge < -0.3 is 24.0 Å². The topological polar surface area (TPSA) is 78.3 Å². The number of halogens is 3. The highest BCUT2D eigenvalue weighted by Gasteiger charge is 2.34. The maximum absolute atomic E-state index is 15.6. The van der Waals surface area contributed by atoms with E-state index in [4.69, 9.17) is 19.6 Å². The van der Waals surface area contributed by atoms with Crippen LogP contribution < -0.4 is 19.1 Å². The average molecular weight is 642 g/mol. The smallest absolute Gasteiger partial charge is 0.197 e. The minimum atomic E-state index is -0.616. The number of anilines is 1. The summed E-state index contributed by atoms with van der Waals surface area (Å²) in [5.74, 6) is 0.354. The van der Waals surface area contributed by atoms with Crippen LogP contribution in [0, 0.1) is 11.2 Å². The van der Waals surface area contributed by atoms with Crippen molar-refractivity contribution in [2.45, 2.75) is 66.5 Å². The van der Waals surface area contributed by atoms with Crippen molar-refractivity contribution in [3.63, 3.8) is 0 Å². The van der Waals surface area contributed by atoms with E-state index in [9.17, 15) is 4.79 Å². The number of ether oxygens (including phenoxy) is 3. The molecule has 0 aromatic heterocycles. The molecule has 0 radical (unpaired) electrons. The van der Waals surface area contributed by atoms with Crippen molar-refractivity contribution in [3.05, 3.63) is 46.3 Å². The molecule has 0 atom stereocenters. The lowest BCUT2D eigenvalue weighted by Gasteiger charge is -2.39. The second kappa shape index (κ2) is 14.8. The van der Waals surface area contributed by atoms with Crippen molar-refractivity contribution in [2.24, 2.45) is 0 Å². The highest BCUT2D eigenvalue weighted by Crippen LogP contribution is 2.42. The van der Waals surface area contributed by atoms with Crippen LogP contribution in [-0.2, 0) is 12.0 Å². The van der Waals surface area contributed by atoms with Gasteiger partial charge in [0.1, 0.15) is 11.6 Å². The summed E-state index contributed by atoms with van der Waals surface area (Å²) in [7, 11) is 1.68. The third kappa shape index (κ3) is 7.49. The van der Waals surface area contributed by atoms with Gasteiger partial charge in [-0.1, -0.05) is 20.8 Å². The molecule has 0 spiro atoms. The van der Waals surface area contributed by atoms with Gasteiger partial charge in [0.05, 0.1) is 38.1 Å². The zero-order valence-electron chi connectivity index (χ0n) is 26.6. The molecule has 4 rings (SSSR count). The van der Waals surface area contributed by atoms with Crippen molar-refractivity contribution in [2.75, 3.05) is 57.9 Å². The molecule has 0 amide bonds. The summed E-state index contributed by atoms with van der Waals surface area (Å²) in [4.78, 5) is 20.2. The molecule has 1 saturated heterocycles. The zero-order chi connectivity index (χ0) is 30.1. The second-order valence-electron chi connectivity index (χ2n) is 12.0. The predicted molar refractivity (Wildman–Crippen MR) is 175 cm³/mol. The third-order valence-corrected chi connectivity index (χ3v) is 7.89. The third-order valence-electron chi connectivity index (χ3n) is 7.89. The van der Waals surface area contributed by atoms with Crippen LogP contribution in [-0.4, -0.2) is 80.5 Å². The zero-order valence-corrected chi connectivity index (χ0v) is 28.3. The molecule has 240 valence electrons. The van der Waals surface area contributed by atoms with Gasteiger partial charge >= 0.3 is 0 Å². The lowest BCUT2D eigenvalue weighted by Crippen LogP contribution is -2.49. The van der Waals surface area contributed by atoms with Crippen LogP contribution >= 0.6 is 24.8 Å². The maximum Gasteiger partial charge on any atom is 0.197 e. The Hall–Kier alpha value is -2.75. The van der Waals surface area contributed by atoms with E-state index >= 15 is 4.39 Å². The molecule has 2 heterocycles. The number of carbonyl (C=O) groups excluding carboxylic acids is 1. The van der Waals surface area contributed by atoms with Crippen LogP contribution in [0.15, 0.2) is 18.2 Å². The molecular formula is C32H47Cl2FN4O4. The second-order valence-corrected chi connectivity index (χ2v) is 12.0. The van der Waals surface area contributed by atoms with Crippen LogP contribution in [0.1, 0.15) is 75.5 Å². The highest BCUT2D eigenvalue weighted by atomic mass is 35.5. The van der Waals surface area contributed by atoms with Crippen molar-refractivity contribution in [1.29, 1.82) is 5.41 Å². The van der Waals surface area contributed by atoms with E-state index in [2.05, 4.69) is 44.4 Å². The van der Waals surface area contributed by atoms with Gasteiger partial charge in [-0.25, -0.2) is 4.39 Å². The molecule has 2 aliphatic heterocycles. The molecule has 43 heavy (non-hydrogen) atoms. The average Bonchev–Trinajstić information content (AvgIpc) is 3.24. The van der Waals surface area contributed by atoms with Crippen molar-refractivity contribution < 1.29 is 23.4 Å². The fraction of sp³-hybridized carbons (Fsp3) is 0.562. The Kier molecular flexibility index (Phi) is 12.6. The Morgan fingerprint density at radius 2 is 1.63 bits per heavy atom. The quantitative estimate of drug-likeness (QED) is 0.304. The lowest BCUT2D eigenvalue weighted by molar-refractivity contribution is 0.0962. The number of hydrogen-bond acceptors (Lipinski definition) is 7. The van der Waals surface area contributed by atoms with E-state index in [0.717, 1.165) is 43.2 Å². The number of ketones is 1. The number of piperazine rings is 1. The fourth-order valence-corrected chi connectivity index (χ4v) is 5.68. The van der Waals surface area contributed by atoms with Gasteiger partial charge in [0, 0.05) is 49.9 Å². The van der Waals surface area contributed by atoms with Crippen LogP contribution in [0.4, 0.5) is 10.1 Å². The van der Waals surface area contributed by atoms with Gasteiger partial charge in [-0.15, -0.1) is 24.8 Å². The normalized spacial score (nSPS) is 15.2. The number of methoxy groups -OCH3 is 1. The van der Waals surface area contributed by atoms with Crippen LogP contribution in [0.2, 0.25) is 0 Å². The number of amidine groups is 1. The first-order valence-electron chi connectivity index (χ1n) is 14.6. The van der Waals surface area contributed by atoms with E-state index in [1.807, 2.05) is 19.1 Å². The van der Waals surface area contributed by atoms with E-state index < -0.39 is 5.82 Å². The van der Waals surface area contributed by atoms with E-state index in [-0.39, 0.29) is 72.9 Å². The molecule has 2 aliphatic rings. The summed E-state index contributed by atoms with van der Waals surface area (Å²) < 4.78 is 32.7. The molecule has 2 aromatic rings. The minimum Gasteiger partial charge on any atom is -0.494 e. The van der Waals surface area contributed by atoms with E-state index in [1.165, 1.54) is 0 Å². The number of rotatable bonds is 10. The maximum atomic E-state index is 15.6. The van der Waals surface area contributed by atoms with Crippen molar-refractivity contribution >= 4 is 42.1 Å². The monoisotopic (exact) mass is 640 g/mol. The minimum absolute atomic E-state index is 0.